The highest BCUT2D eigenvalue weighted by Crippen LogP contribution is 2.22. The lowest BCUT2D eigenvalue weighted by Crippen LogP contribution is -2.42. The number of aryl methyl sites for hydroxylation is 1. The SMILES string of the molecule is CCn1cc(C(=O)N2CC(C)CC(C)C2)cn1. The van der Waals surface area contributed by atoms with Crippen molar-refractivity contribution in [3.8, 4) is 0 Å². The minimum atomic E-state index is 0.128. The van der Waals surface area contributed by atoms with E-state index < -0.39 is 0 Å². The summed E-state index contributed by atoms with van der Waals surface area (Å²) in [7, 11) is 0. The van der Waals surface area contributed by atoms with Gasteiger partial charge in [-0.1, -0.05) is 13.8 Å². The van der Waals surface area contributed by atoms with Crippen molar-refractivity contribution in [3.63, 3.8) is 0 Å². The largest absolute Gasteiger partial charge is 0.338 e. The van der Waals surface area contributed by atoms with Gasteiger partial charge in [0.05, 0.1) is 11.8 Å². The summed E-state index contributed by atoms with van der Waals surface area (Å²) >= 11 is 0. The molecule has 0 bridgehead atoms. The van der Waals surface area contributed by atoms with Crippen molar-refractivity contribution in [2.24, 2.45) is 11.8 Å². The Bertz CT molecular complexity index is 389. The molecule has 1 saturated heterocycles. The van der Waals surface area contributed by atoms with E-state index in [-0.39, 0.29) is 5.91 Å². The number of likely N-dealkylation sites (tertiary alicyclic amines) is 1. The zero-order valence-electron chi connectivity index (χ0n) is 10.9. The summed E-state index contributed by atoms with van der Waals surface area (Å²) in [6.45, 7) is 9.00. The number of aromatic nitrogens is 2. The predicted molar refractivity (Wildman–Crippen MR) is 66.7 cm³/mol. The van der Waals surface area contributed by atoms with Crippen LogP contribution in [0.4, 0.5) is 0 Å². The molecule has 17 heavy (non-hydrogen) atoms. The summed E-state index contributed by atoms with van der Waals surface area (Å²) in [5, 5.41) is 4.16. The number of piperidine rings is 1. The number of nitrogens with zero attached hydrogens (tertiary/aromatic N) is 3. The lowest BCUT2D eigenvalue weighted by molar-refractivity contribution is 0.0623. The van der Waals surface area contributed by atoms with E-state index in [0.29, 0.717) is 17.4 Å². The van der Waals surface area contributed by atoms with Gasteiger partial charge in [-0.25, -0.2) is 0 Å². The molecule has 0 aromatic carbocycles. The minimum Gasteiger partial charge on any atom is -0.338 e. The van der Waals surface area contributed by atoms with Crippen LogP contribution in [0, 0.1) is 11.8 Å². The second-order valence-corrected chi connectivity index (χ2v) is 5.24. The second-order valence-electron chi connectivity index (χ2n) is 5.24. The predicted octanol–water partition coefficient (Wildman–Crippen LogP) is 2.02. The van der Waals surface area contributed by atoms with Crippen molar-refractivity contribution in [1.82, 2.24) is 14.7 Å². The van der Waals surface area contributed by atoms with Crippen LogP contribution in [0.1, 0.15) is 37.6 Å². The van der Waals surface area contributed by atoms with E-state index >= 15 is 0 Å². The molecule has 0 spiro atoms. The summed E-state index contributed by atoms with van der Waals surface area (Å²) in [6, 6.07) is 0. The molecule has 1 aromatic heterocycles. The molecule has 0 radical (unpaired) electrons. The van der Waals surface area contributed by atoms with Gasteiger partial charge in [0.15, 0.2) is 0 Å². The van der Waals surface area contributed by atoms with Crippen LogP contribution in [0.5, 0.6) is 0 Å². The smallest absolute Gasteiger partial charge is 0.257 e. The summed E-state index contributed by atoms with van der Waals surface area (Å²) < 4.78 is 1.80. The van der Waals surface area contributed by atoms with Crippen LogP contribution < -0.4 is 0 Å². The van der Waals surface area contributed by atoms with E-state index in [4.69, 9.17) is 0 Å². The highest BCUT2D eigenvalue weighted by atomic mass is 16.2. The fraction of sp³-hybridized carbons (Fsp3) is 0.692. The summed E-state index contributed by atoms with van der Waals surface area (Å²) in [4.78, 5) is 14.3. The van der Waals surface area contributed by atoms with Gasteiger partial charge >= 0.3 is 0 Å². The molecule has 2 rings (SSSR count). The minimum absolute atomic E-state index is 0.128. The van der Waals surface area contributed by atoms with Crippen LogP contribution >= 0.6 is 0 Å². The van der Waals surface area contributed by atoms with Crippen LogP contribution in [-0.2, 0) is 6.54 Å². The lowest BCUT2D eigenvalue weighted by atomic mass is 9.91. The van der Waals surface area contributed by atoms with Crippen molar-refractivity contribution in [2.45, 2.75) is 33.7 Å². The monoisotopic (exact) mass is 235 g/mol. The Balaban J connectivity index is 2.08. The Morgan fingerprint density at radius 1 is 1.41 bits per heavy atom. The standard InChI is InChI=1S/C13H21N3O/c1-4-16-9-12(6-14-16)13(17)15-7-10(2)5-11(3)8-15/h6,9-11H,4-5,7-8H2,1-3H3. The van der Waals surface area contributed by atoms with Crippen molar-refractivity contribution < 1.29 is 4.79 Å². The van der Waals surface area contributed by atoms with Crippen LogP contribution in [0.15, 0.2) is 12.4 Å². The molecule has 1 amide bonds. The maximum absolute atomic E-state index is 12.3. The first-order chi connectivity index (χ1) is 8.10. The average molecular weight is 235 g/mol. The normalized spacial score (nSPS) is 25.0. The van der Waals surface area contributed by atoms with Gasteiger partial charge in [0.25, 0.3) is 5.91 Å². The fourth-order valence-electron chi connectivity index (χ4n) is 2.66. The van der Waals surface area contributed by atoms with Crippen molar-refractivity contribution in [1.29, 1.82) is 0 Å². The zero-order chi connectivity index (χ0) is 12.4. The molecule has 2 unspecified atom stereocenters. The topological polar surface area (TPSA) is 38.1 Å². The van der Waals surface area contributed by atoms with Gasteiger partial charge in [-0.05, 0) is 25.2 Å². The highest BCUT2D eigenvalue weighted by Gasteiger charge is 2.26. The number of amides is 1. The van der Waals surface area contributed by atoms with Crippen LogP contribution in [0.2, 0.25) is 0 Å². The van der Waals surface area contributed by atoms with Gasteiger partial charge in [-0.3, -0.25) is 9.48 Å². The molecule has 0 N–H and O–H groups in total. The zero-order valence-corrected chi connectivity index (χ0v) is 10.9. The maximum atomic E-state index is 12.3. The van der Waals surface area contributed by atoms with Gasteiger partial charge in [-0.15, -0.1) is 0 Å². The summed E-state index contributed by atoms with van der Waals surface area (Å²) in [6.07, 6.45) is 4.74. The Morgan fingerprint density at radius 3 is 2.59 bits per heavy atom. The molecule has 0 aliphatic carbocycles. The van der Waals surface area contributed by atoms with Gasteiger partial charge in [0.1, 0.15) is 0 Å². The number of rotatable bonds is 2. The first-order valence-electron chi connectivity index (χ1n) is 6.41. The first kappa shape index (κ1) is 12.1. The summed E-state index contributed by atoms with van der Waals surface area (Å²) in [5.41, 5.74) is 0.716. The number of carbonyl (C=O) groups is 1. The molecule has 94 valence electrons. The third-order valence-corrected chi connectivity index (χ3v) is 3.36. The van der Waals surface area contributed by atoms with Crippen molar-refractivity contribution >= 4 is 5.91 Å². The molecular weight excluding hydrogens is 214 g/mol. The molecule has 2 atom stereocenters. The van der Waals surface area contributed by atoms with Crippen LogP contribution in [0.3, 0.4) is 0 Å². The van der Waals surface area contributed by atoms with E-state index in [1.165, 1.54) is 6.42 Å². The number of carbonyl (C=O) groups excluding carboxylic acids is 1. The molecule has 4 heteroatoms. The highest BCUT2D eigenvalue weighted by molar-refractivity contribution is 5.93. The van der Waals surface area contributed by atoms with E-state index in [9.17, 15) is 4.79 Å². The van der Waals surface area contributed by atoms with E-state index in [2.05, 4.69) is 18.9 Å². The third-order valence-electron chi connectivity index (χ3n) is 3.36. The van der Waals surface area contributed by atoms with E-state index in [0.717, 1.165) is 19.6 Å². The van der Waals surface area contributed by atoms with Crippen LogP contribution in [0.25, 0.3) is 0 Å². The lowest BCUT2D eigenvalue weighted by Gasteiger charge is -2.34. The Morgan fingerprint density at radius 2 is 2.06 bits per heavy atom. The molecular formula is C13H21N3O. The molecule has 4 nitrogen and oxygen atoms in total. The molecule has 1 aliphatic rings. The van der Waals surface area contributed by atoms with E-state index in [1.807, 2.05) is 18.0 Å². The van der Waals surface area contributed by atoms with Crippen molar-refractivity contribution in [2.75, 3.05) is 13.1 Å². The average Bonchev–Trinajstić information content (AvgIpc) is 2.75. The quantitative estimate of drug-likeness (QED) is 0.786. The van der Waals surface area contributed by atoms with Crippen molar-refractivity contribution in [3.05, 3.63) is 18.0 Å². The molecule has 0 saturated carbocycles. The van der Waals surface area contributed by atoms with Gasteiger partial charge in [0, 0.05) is 25.8 Å². The Kier molecular flexibility index (Phi) is 3.50. The number of hydrogen-bond donors (Lipinski definition) is 0. The number of hydrogen-bond acceptors (Lipinski definition) is 2. The van der Waals surface area contributed by atoms with Gasteiger partial charge in [-0.2, -0.15) is 5.10 Å². The van der Waals surface area contributed by atoms with E-state index in [1.54, 1.807) is 10.9 Å². The third kappa shape index (κ3) is 2.68. The molecule has 2 heterocycles. The maximum Gasteiger partial charge on any atom is 0.257 e. The molecule has 1 fully saturated rings. The molecule has 1 aliphatic heterocycles. The van der Waals surface area contributed by atoms with Gasteiger partial charge in [0.2, 0.25) is 0 Å². The fourth-order valence-corrected chi connectivity index (χ4v) is 2.66. The second kappa shape index (κ2) is 4.90. The molecule has 1 aromatic rings. The Hall–Kier alpha value is -1.32. The van der Waals surface area contributed by atoms with Gasteiger partial charge < -0.3 is 4.90 Å². The summed E-state index contributed by atoms with van der Waals surface area (Å²) in [5.74, 6) is 1.33. The first-order valence-corrected chi connectivity index (χ1v) is 6.41. The van der Waals surface area contributed by atoms with Crippen LogP contribution in [-0.4, -0.2) is 33.7 Å². The Labute approximate surface area is 103 Å².